The molecule has 0 aliphatic heterocycles. The van der Waals surface area contributed by atoms with Crippen LogP contribution in [0.25, 0.3) is 0 Å². The first-order valence-electron chi connectivity index (χ1n) is 6.49. The van der Waals surface area contributed by atoms with E-state index in [1.807, 2.05) is 38.1 Å². The maximum atomic E-state index is 13.1. The minimum atomic E-state index is -0.830. The maximum Gasteiger partial charge on any atom is 0.159 e. The fourth-order valence-corrected chi connectivity index (χ4v) is 1.78. The molecule has 0 heterocycles. The third-order valence-corrected chi connectivity index (χ3v) is 2.71. The molecule has 0 saturated heterocycles. The van der Waals surface area contributed by atoms with Crippen LogP contribution in [0.2, 0.25) is 0 Å². The largest absolute Gasteiger partial charge is 0.491 e. The van der Waals surface area contributed by atoms with Crippen LogP contribution in [0.3, 0.4) is 0 Å². The molecule has 2 nitrogen and oxygen atoms in total. The van der Waals surface area contributed by atoms with Gasteiger partial charge in [-0.2, -0.15) is 0 Å². The Bertz CT molecular complexity index is 567. The summed E-state index contributed by atoms with van der Waals surface area (Å²) in [6.07, 6.45) is 0.135. The minimum absolute atomic E-state index is 0.135. The smallest absolute Gasteiger partial charge is 0.159 e. The second-order valence-corrected chi connectivity index (χ2v) is 4.79. The average Bonchev–Trinajstić information content (AvgIpc) is 2.41. The molecule has 0 aliphatic rings. The second kappa shape index (κ2) is 6.37. The van der Waals surface area contributed by atoms with Gasteiger partial charge in [0.05, 0.1) is 6.10 Å². The number of ether oxygens (including phenoxy) is 1. The van der Waals surface area contributed by atoms with Gasteiger partial charge in [-0.15, -0.1) is 0 Å². The van der Waals surface area contributed by atoms with E-state index in [1.54, 1.807) is 6.07 Å². The fourth-order valence-electron chi connectivity index (χ4n) is 1.78. The molecule has 0 unspecified atom stereocenters. The third kappa shape index (κ3) is 3.95. The molecule has 2 aromatic rings. The van der Waals surface area contributed by atoms with Crippen molar-refractivity contribution in [2.45, 2.75) is 26.5 Å². The lowest BCUT2D eigenvalue weighted by Gasteiger charge is -2.11. The molecule has 0 radical (unpaired) electrons. The molecule has 0 amide bonds. The van der Waals surface area contributed by atoms with E-state index in [0.717, 1.165) is 17.5 Å². The Balaban J connectivity index is 1.95. The Labute approximate surface area is 117 Å². The zero-order valence-electron chi connectivity index (χ0n) is 11.5. The minimum Gasteiger partial charge on any atom is -0.491 e. The number of benzene rings is 2. The van der Waals surface area contributed by atoms with Crippen molar-refractivity contribution in [3.8, 4) is 5.75 Å². The van der Waals surface area contributed by atoms with Gasteiger partial charge in [0.2, 0.25) is 0 Å². The van der Waals surface area contributed by atoms with Gasteiger partial charge >= 0.3 is 0 Å². The number of rotatable bonds is 5. The average molecular weight is 277 g/mol. The molecule has 1 N–H and O–H groups in total. The summed E-state index contributed by atoms with van der Waals surface area (Å²) in [5.74, 6) is -0.854. The Morgan fingerprint density at radius 3 is 2.30 bits per heavy atom. The SMILES string of the molecule is CC(C)Oc1ccc(NCc2ccc(F)c(F)c2)cc1. The molecule has 0 aliphatic carbocycles. The molecule has 0 saturated carbocycles. The number of hydrogen-bond acceptors (Lipinski definition) is 2. The second-order valence-electron chi connectivity index (χ2n) is 4.79. The summed E-state index contributed by atoms with van der Waals surface area (Å²) in [4.78, 5) is 0. The van der Waals surface area contributed by atoms with Crippen LogP contribution < -0.4 is 10.1 Å². The highest BCUT2D eigenvalue weighted by Crippen LogP contribution is 2.18. The number of hydrogen-bond donors (Lipinski definition) is 1. The van der Waals surface area contributed by atoms with E-state index >= 15 is 0 Å². The highest BCUT2D eigenvalue weighted by Gasteiger charge is 2.03. The first-order valence-corrected chi connectivity index (χ1v) is 6.49. The highest BCUT2D eigenvalue weighted by atomic mass is 19.2. The first-order chi connectivity index (χ1) is 9.54. The molecular formula is C16H17F2NO. The van der Waals surface area contributed by atoms with E-state index in [4.69, 9.17) is 4.74 Å². The summed E-state index contributed by atoms with van der Waals surface area (Å²) in [5.41, 5.74) is 1.58. The summed E-state index contributed by atoms with van der Waals surface area (Å²) in [7, 11) is 0. The van der Waals surface area contributed by atoms with E-state index in [2.05, 4.69) is 5.32 Å². The Kier molecular flexibility index (Phi) is 4.56. The van der Waals surface area contributed by atoms with Gasteiger partial charge in [0.15, 0.2) is 11.6 Å². The molecular weight excluding hydrogens is 260 g/mol. The lowest BCUT2D eigenvalue weighted by molar-refractivity contribution is 0.242. The summed E-state index contributed by atoms with van der Waals surface area (Å²) in [6.45, 7) is 4.37. The third-order valence-electron chi connectivity index (χ3n) is 2.71. The van der Waals surface area contributed by atoms with Gasteiger partial charge < -0.3 is 10.1 Å². The van der Waals surface area contributed by atoms with Gasteiger partial charge in [-0.05, 0) is 55.8 Å². The first kappa shape index (κ1) is 14.3. The quantitative estimate of drug-likeness (QED) is 0.876. The van der Waals surface area contributed by atoms with Crippen molar-refractivity contribution in [3.63, 3.8) is 0 Å². The van der Waals surface area contributed by atoms with Crippen LogP contribution in [0.15, 0.2) is 42.5 Å². The molecule has 2 aromatic carbocycles. The molecule has 0 bridgehead atoms. The number of halogens is 2. The maximum absolute atomic E-state index is 13.1. The molecule has 106 valence electrons. The van der Waals surface area contributed by atoms with Gasteiger partial charge in [-0.1, -0.05) is 6.07 Å². The zero-order valence-corrected chi connectivity index (χ0v) is 11.5. The van der Waals surface area contributed by atoms with Crippen LogP contribution in [0.5, 0.6) is 5.75 Å². The van der Waals surface area contributed by atoms with Crippen molar-refractivity contribution in [3.05, 3.63) is 59.7 Å². The number of anilines is 1. The standard InChI is InChI=1S/C16H17F2NO/c1-11(2)20-14-6-4-13(5-7-14)19-10-12-3-8-15(17)16(18)9-12/h3-9,11,19H,10H2,1-2H3. The topological polar surface area (TPSA) is 21.3 Å². The van der Waals surface area contributed by atoms with Gasteiger partial charge in [-0.25, -0.2) is 8.78 Å². The van der Waals surface area contributed by atoms with Crippen LogP contribution in [-0.4, -0.2) is 6.10 Å². The van der Waals surface area contributed by atoms with Crippen molar-refractivity contribution >= 4 is 5.69 Å². The Morgan fingerprint density at radius 1 is 1.00 bits per heavy atom. The monoisotopic (exact) mass is 277 g/mol. The van der Waals surface area contributed by atoms with E-state index < -0.39 is 11.6 Å². The van der Waals surface area contributed by atoms with Gasteiger partial charge in [0, 0.05) is 12.2 Å². The summed E-state index contributed by atoms with van der Waals surface area (Å²) in [5, 5.41) is 3.14. The highest BCUT2D eigenvalue weighted by molar-refractivity contribution is 5.46. The summed E-state index contributed by atoms with van der Waals surface area (Å²) in [6, 6.07) is 11.4. The van der Waals surface area contributed by atoms with E-state index in [9.17, 15) is 8.78 Å². The lowest BCUT2D eigenvalue weighted by atomic mass is 10.2. The Morgan fingerprint density at radius 2 is 1.70 bits per heavy atom. The summed E-state index contributed by atoms with van der Waals surface area (Å²) >= 11 is 0. The normalized spacial score (nSPS) is 10.7. The Hall–Kier alpha value is -2.10. The molecule has 0 spiro atoms. The van der Waals surface area contributed by atoms with E-state index in [0.29, 0.717) is 12.1 Å². The molecule has 0 atom stereocenters. The molecule has 20 heavy (non-hydrogen) atoms. The van der Waals surface area contributed by atoms with Crippen molar-refractivity contribution < 1.29 is 13.5 Å². The summed E-state index contributed by atoms with van der Waals surface area (Å²) < 4.78 is 31.4. The van der Waals surface area contributed by atoms with Crippen LogP contribution >= 0.6 is 0 Å². The molecule has 2 rings (SSSR count). The number of nitrogens with one attached hydrogen (secondary N) is 1. The lowest BCUT2D eigenvalue weighted by Crippen LogP contribution is -2.05. The van der Waals surface area contributed by atoms with E-state index in [1.165, 1.54) is 6.07 Å². The van der Waals surface area contributed by atoms with Gasteiger partial charge in [0.25, 0.3) is 0 Å². The fraction of sp³-hybridized carbons (Fsp3) is 0.250. The molecule has 4 heteroatoms. The van der Waals surface area contributed by atoms with E-state index in [-0.39, 0.29) is 6.10 Å². The predicted molar refractivity (Wildman–Crippen MR) is 75.9 cm³/mol. The van der Waals surface area contributed by atoms with Crippen LogP contribution in [-0.2, 0) is 6.54 Å². The van der Waals surface area contributed by atoms with Crippen LogP contribution in [0.1, 0.15) is 19.4 Å². The zero-order chi connectivity index (χ0) is 14.5. The van der Waals surface area contributed by atoms with Crippen LogP contribution in [0, 0.1) is 11.6 Å². The van der Waals surface area contributed by atoms with Crippen molar-refractivity contribution in [2.75, 3.05) is 5.32 Å². The van der Waals surface area contributed by atoms with Crippen molar-refractivity contribution in [1.29, 1.82) is 0 Å². The van der Waals surface area contributed by atoms with Gasteiger partial charge in [-0.3, -0.25) is 0 Å². The van der Waals surface area contributed by atoms with Crippen molar-refractivity contribution in [1.82, 2.24) is 0 Å². The molecule has 0 aromatic heterocycles. The van der Waals surface area contributed by atoms with Crippen molar-refractivity contribution in [2.24, 2.45) is 0 Å². The molecule has 0 fully saturated rings. The van der Waals surface area contributed by atoms with Crippen LogP contribution in [0.4, 0.5) is 14.5 Å². The van der Waals surface area contributed by atoms with Gasteiger partial charge in [0.1, 0.15) is 5.75 Å². The predicted octanol–water partition coefficient (Wildman–Crippen LogP) is 4.36.